The summed E-state index contributed by atoms with van der Waals surface area (Å²) in [6.07, 6.45) is 5.15. The zero-order valence-corrected chi connectivity index (χ0v) is 12.1. The van der Waals surface area contributed by atoms with Gasteiger partial charge in [-0.05, 0) is 41.3 Å². The van der Waals surface area contributed by atoms with Gasteiger partial charge in [0.25, 0.3) is 0 Å². The van der Waals surface area contributed by atoms with Gasteiger partial charge in [-0.2, -0.15) is 0 Å². The molecule has 1 aliphatic heterocycles. The number of halogens is 2. The molecule has 98 valence electrons. The van der Waals surface area contributed by atoms with Gasteiger partial charge in [-0.15, -0.1) is 0 Å². The number of carbonyl (C=O) groups is 1. The van der Waals surface area contributed by atoms with E-state index in [-0.39, 0.29) is 12.0 Å². The van der Waals surface area contributed by atoms with Crippen molar-refractivity contribution in [3.8, 4) is 0 Å². The minimum atomic E-state index is -0.0627. The second kappa shape index (κ2) is 6.50. The summed E-state index contributed by atoms with van der Waals surface area (Å²) in [6.45, 7) is 0.813. The predicted molar refractivity (Wildman–Crippen MR) is 73.8 cm³/mol. The maximum atomic E-state index is 11.8. The Hall–Kier alpha value is -0.650. The van der Waals surface area contributed by atoms with E-state index in [4.69, 9.17) is 16.3 Å². The lowest BCUT2D eigenvalue weighted by Gasteiger charge is -2.10. The summed E-state index contributed by atoms with van der Waals surface area (Å²) in [5, 5.41) is 3.05. The van der Waals surface area contributed by atoms with E-state index in [9.17, 15) is 4.79 Å². The van der Waals surface area contributed by atoms with Gasteiger partial charge in [-0.1, -0.05) is 11.6 Å². The number of hydrogen-bond acceptors (Lipinski definition) is 3. The molecule has 1 fully saturated rings. The molecule has 6 heteroatoms. The standard InChI is InChI=1S/C12H14BrClN2O2/c13-8-6-10(12(14)15-7-8)16-11(17)4-3-9-2-1-5-18-9/h6-7,9H,1-5H2,(H,16,17). The molecule has 0 aromatic carbocycles. The number of hydrogen-bond donors (Lipinski definition) is 1. The van der Waals surface area contributed by atoms with Gasteiger partial charge in [-0.3, -0.25) is 4.79 Å². The van der Waals surface area contributed by atoms with Crippen molar-refractivity contribution in [3.63, 3.8) is 0 Å². The summed E-state index contributed by atoms with van der Waals surface area (Å²) in [5.41, 5.74) is 0.531. The fourth-order valence-electron chi connectivity index (χ4n) is 1.89. The van der Waals surface area contributed by atoms with Crippen molar-refractivity contribution in [1.82, 2.24) is 4.98 Å². The Kier molecular flexibility index (Phi) is 4.97. The molecule has 18 heavy (non-hydrogen) atoms. The minimum absolute atomic E-state index is 0.0627. The lowest BCUT2D eigenvalue weighted by Crippen LogP contribution is -2.15. The van der Waals surface area contributed by atoms with E-state index in [1.165, 1.54) is 0 Å². The Morgan fingerprint density at radius 3 is 3.22 bits per heavy atom. The first-order valence-corrected chi connectivity index (χ1v) is 7.05. The molecule has 2 rings (SSSR count). The van der Waals surface area contributed by atoms with Crippen LogP contribution in [0, 0.1) is 0 Å². The van der Waals surface area contributed by atoms with Crippen LogP contribution in [0.15, 0.2) is 16.7 Å². The predicted octanol–water partition coefficient (Wildman–Crippen LogP) is 3.40. The Morgan fingerprint density at radius 2 is 2.50 bits per heavy atom. The average molecular weight is 334 g/mol. The van der Waals surface area contributed by atoms with E-state index in [1.54, 1.807) is 12.3 Å². The number of ether oxygens (including phenoxy) is 1. The SMILES string of the molecule is O=C(CCC1CCCO1)Nc1cc(Br)cnc1Cl. The third-order valence-corrected chi connectivity index (χ3v) is 3.53. The molecule has 2 heterocycles. The molecule has 1 aliphatic rings. The van der Waals surface area contributed by atoms with Gasteiger partial charge in [0, 0.05) is 23.7 Å². The number of pyridine rings is 1. The van der Waals surface area contributed by atoms with E-state index < -0.39 is 0 Å². The van der Waals surface area contributed by atoms with E-state index >= 15 is 0 Å². The Bertz CT molecular complexity index is 436. The molecule has 1 amide bonds. The number of amides is 1. The van der Waals surface area contributed by atoms with Crippen LogP contribution in [0.5, 0.6) is 0 Å². The topological polar surface area (TPSA) is 51.2 Å². The maximum absolute atomic E-state index is 11.8. The monoisotopic (exact) mass is 332 g/mol. The van der Waals surface area contributed by atoms with Crippen LogP contribution in [0.2, 0.25) is 5.15 Å². The number of anilines is 1. The Morgan fingerprint density at radius 1 is 1.67 bits per heavy atom. The average Bonchev–Trinajstić information content (AvgIpc) is 2.84. The summed E-state index contributed by atoms with van der Waals surface area (Å²) in [6, 6.07) is 1.74. The van der Waals surface area contributed by atoms with Crippen LogP contribution >= 0.6 is 27.5 Å². The summed E-state index contributed by atoms with van der Waals surface area (Å²) in [7, 11) is 0. The summed E-state index contributed by atoms with van der Waals surface area (Å²) in [4.78, 5) is 15.7. The zero-order chi connectivity index (χ0) is 13.0. The number of nitrogens with one attached hydrogen (secondary N) is 1. The maximum Gasteiger partial charge on any atom is 0.224 e. The fourth-order valence-corrected chi connectivity index (χ4v) is 2.37. The lowest BCUT2D eigenvalue weighted by atomic mass is 10.1. The first-order chi connectivity index (χ1) is 8.65. The largest absolute Gasteiger partial charge is 0.378 e. The highest BCUT2D eigenvalue weighted by molar-refractivity contribution is 9.10. The zero-order valence-electron chi connectivity index (χ0n) is 9.79. The van der Waals surface area contributed by atoms with E-state index in [0.717, 1.165) is 30.3 Å². The van der Waals surface area contributed by atoms with E-state index in [1.807, 2.05) is 0 Å². The first-order valence-electron chi connectivity index (χ1n) is 5.87. The van der Waals surface area contributed by atoms with Crippen molar-refractivity contribution in [2.75, 3.05) is 11.9 Å². The van der Waals surface area contributed by atoms with Crippen molar-refractivity contribution < 1.29 is 9.53 Å². The molecule has 0 saturated carbocycles. The molecule has 1 aromatic rings. The number of nitrogens with zero attached hydrogens (tertiary/aromatic N) is 1. The third-order valence-electron chi connectivity index (χ3n) is 2.80. The van der Waals surface area contributed by atoms with Gasteiger partial charge in [0.2, 0.25) is 5.91 Å². The molecule has 1 aromatic heterocycles. The molecule has 0 spiro atoms. The van der Waals surface area contributed by atoms with Crippen LogP contribution in [-0.2, 0) is 9.53 Å². The second-order valence-electron chi connectivity index (χ2n) is 4.21. The lowest BCUT2D eigenvalue weighted by molar-refractivity contribution is -0.116. The molecule has 1 N–H and O–H groups in total. The third kappa shape index (κ3) is 3.93. The molecule has 1 unspecified atom stereocenters. The van der Waals surface area contributed by atoms with Gasteiger partial charge >= 0.3 is 0 Å². The molecule has 0 aliphatic carbocycles. The van der Waals surface area contributed by atoms with Crippen LogP contribution < -0.4 is 5.32 Å². The van der Waals surface area contributed by atoms with Gasteiger partial charge in [0.1, 0.15) is 0 Å². The number of aromatic nitrogens is 1. The molecular weight excluding hydrogens is 320 g/mol. The molecule has 4 nitrogen and oxygen atoms in total. The van der Waals surface area contributed by atoms with Crippen LogP contribution in [0.4, 0.5) is 5.69 Å². The molecule has 0 radical (unpaired) electrons. The van der Waals surface area contributed by atoms with Crippen molar-refractivity contribution in [1.29, 1.82) is 0 Å². The highest BCUT2D eigenvalue weighted by Crippen LogP contribution is 2.23. The van der Waals surface area contributed by atoms with Crippen molar-refractivity contribution in [3.05, 3.63) is 21.9 Å². The van der Waals surface area contributed by atoms with E-state index in [0.29, 0.717) is 17.3 Å². The Labute approximate surface area is 119 Å². The number of carbonyl (C=O) groups excluding carboxylic acids is 1. The van der Waals surface area contributed by atoms with Gasteiger partial charge in [0.05, 0.1) is 11.8 Å². The van der Waals surface area contributed by atoms with Crippen LogP contribution in [0.1, 0.15) is 25.7 Å². The Balaban J connectivity index is 1.84. The fraction of sp³-hybridized carbons (Fsp3) is 0.500. The van der Waals surface area contributed by atoms with Crippen molar-refractivity contribution in [2.24, 2.45) is 0 Å². The molecular formula is C12H14BrClN2O2. The normalized spacial score (nSPS) is 18.9. The van der Waals surface area contributed by atoms with Crippen molar-refractivity contribution >= 4 is 39.1 Å². The van der Waals surface area contributed by atoms with Gasteiger partial charge in [-0.25, -0.2) is 4.98 Å². The van der Waals surface area contributed by atoms with Gasteiger partial charge in [0.15, 0.2) is 5.15 Å². The quantitative estimate of drug-likeness (QED) is 0.859. The van der Waals surface area contributed by atoms with E-state index in [2.05, 4.69) is 26.2 Å². The summed E-state index contributed by atoms with van der Waals surface area (Å²) >= 11 is 9.18. The summed E-state index contributed by atoms with van der Waals surface area (Å²) < 4.78 is 6.25. The van der Waals surface area contributed by atoms with Crippen LogP contribution in [-0.4, -0.2) is 23.6 Å². The highest BCUT2D eigenvalue weighted by atomic mass is 79.9. The molecule has 0 bridgehead atoms. The smallest absolute Gasteiger partial charge is 0.224 e. The van der Waals surface area contributed by atoms with Gasteiger partial charge < -0.3 is 10.1 Å². The molecule has 1 saturated heterocycles. The number of rotatable bonds is 4. The minimum Gasteiger partial charge on any atom is -0.378 e. The molecule has 1 atom stereocenters. The van der Waals surface area contributed by atoms with Crippen LogP contribution in [0.3, 0.4) is 0 Å². The first kappa shape index (κ1) is 13.8. The van der Waals surface area contributed by atoms with Crippen molar-refractivity contribution in [2.45, 2.75) is 31.8 Å². The second-order valence-corrected chi connectivity index (χ2v) is 5.49. The summed E-state index contributed by atoms with van der Waals surface area (Å²) in [5.74, 6) is -0.0627. The highest BCUT2D eigenvalue weighted by Gasteiger charge is 2.17. The van der Waals surface area contributed by atoms with Crippen LogP contribution in [0.25, 0.3) is 0 Å².